The largest absolute Gasteiger partial charge is 0.373 e. The predicted molar refractivity (Wildman–Crippen MR) is 79.8 cm³/mol. The molecule has 0 unspecified atom stereocenters. The molecule has 108 valence electrons. The third kappa shape index (κ3) is 2.92. The second kappa shape index (κ2) is 5.15. The summed E-state index contributed by atoms with van der Waals surface area (Å²) in [4.78, 5) is 24.6. The van der Waals surface area contributed by atoms with Crippen molar-refractivity contribution >= 4 is 23.2 Å². The van der Waals surface area contributed by atoms with E-state index in [0.717, 1.165) is 12.2 Å². The van der Waals surface area contributed by atoms with E-state index in [9.17, 15) is 9.59 Å². The summed E-state index contributed by atoms with van der Waals surface area (Å²) in [6.07, 6.45) is 0.195. The summed E-state index contributed by atoms with van der Waals surface area (Å²) >= 11 is 0. The van der Waals surface area contributed by atoms with Crippen molar-refractivity contribution in [2.75, 3.05) is 23.8 Å². The highest BCUT2D eigenvalue weighted by atomic mass is 16.2. The summed E-state index contributed by atoms with van der Waals surface area (Å²) in [5, 5.41) is 2.81. The number of nitrogens with two attached hydrogens (primary N) is 1. The molecule has 5 heteroatoms. The topological polar surface area (TPSA) is 75.4 Å². The average Bonchev–Trinajstić information content (AvgIpc) is 2.57. The normalized spacial score (nSPS) is 15.8. The van der Waals surface area contributed by atoms with Crippen LogP contribution in [0.15, 0.2) is 18.2 Å². The van der Waals surface area contributed by atoms with Gasteiger partial charge in [0.15, 0.2) is 0 Å². The Morgan fingerprint density at radius 3 is 2.70 bits per heavy atom. The van der Waals surface area contributed by atoms with Gasteiger partial charge in [0.2, 0.25) is 11.8 Å². The van der Waals surface area contributed by atoms with Crippen LogP contribution < -0.4 is 16.0 Å². The van der Waals surface area contributed by atoms with Crippen molar-refractivity contribution in [2.24, 2.45) is 5.73 Å². The zero-order valence-electron chi connectivity index (χ0n) is 12.2. The van der Waals surface area contributed by atoms with Gasteiger partial charge in [-0.1, -0.05) is 13.8 Å². The average molecular weight is 275 g/mol. The first-order chi connectivity index (χ1) is 9.29. The van der Waals surface area contributed by atoms with Crippen molar-refractivity contribution in [3.8, 4) is 0 Å². The lowest BCUT2D eigenvalue weighted by atomic mass is 9.87. The van der Waals surface area contributed by atoms with Crippen LogP contribution in [0.3, 0.4) is 0 Å². The van der Waals surface area contributed by atoms with Crippen molar-refractivity contribution < 1.29 is 9.59 Å². The van der Waals surface area contributed by atoms with Crippen LogP contribution in [0.1, 0.15) is 32.3 Å². The first-order valence-electron chi connectivity index (χ1n) is 6.73. The van der Waals surface area contributed by atoms with Crippen molar-refractivity contribution in [2.45, 2.75) is 32.1 Å². The van der Waals surface area contributed by atoms with Gasteiger partial charge in [0, 0.05) is 43.2 Å². The van der Waals surface area contributed by atoms with Gasteiger partial charge in [-0.25, -0.2) is 0 Å². The van der Waals surface area contributed by atoms with E-state index in [1.807, 2.05) is 18.2 Å². The van der Waals surface area contributed by atoms with Crippen LogP contribution >= 0.6 is 0 Å². The molecular weight excluding hydrogens is 254 g/mol. The molecule has 0 aromatic heterocycles. The van der Waals surface area contributed by atoms with Gasteiger partial charge in [-0.15, -0.1) is 0 Å². The smallest absolute Gasteiger partial charge is 0.224 e. The number of anilines is 2. The summed E-state index contributed by atoms with van der Waals surface area (Å²) in [5.41, 5.74) is 8.30. The molecule has 0 fully saturated rings. The predicted octanol–water partition coefficient (Wildman–Crippen LogP) is 1.62. The third-order valence-corrected chi connectivity index (χ3v) is 3.65. The van der Waals surface area contributed by atoms with Crippen molar-refractivity contribution in [3.05, 3.63) is 23.8 Å². The first-order valence-corrected chi connectivity index (χ1v) is 6.73. The molecular formula is C15H21N3O2. The highest BCUT2D eigenvalue weighted by Crippen LogP contribution is 2.40. The lowest BCUT2D eigenvalue weighted by molar-refractivity contribution is -0.122. The lowest BCUT2D eigenvalue weighted by Gasteiger charge is -2.18. The van der Waals surface area contributed by atoms with Crippen LogP contribution in [0, 0.1) is 0 Å². The van der Waals surface area contributed by atoms with Crippen molar-refractivity contribution in [1.29, 1.82) is 0 Å². The number of primary amides is 1. The van der Waals surface area contributed by atoms with Crippen LogP contribution in [-0.2, 0) is 15.0 Å². The summed E-state index contributed by atoms with van der Waals surface area (Å²) in [6.45, 7) is 5.34. The molecule has 1 aromatic carbocycles. The third-order valence-electron chi connectivity index (χ3n) is 3.65. The number of carbonyl (C=O) groups is 2. The molecule has 2 rings (SSSR count). The molecule has 1 aliphatic rings. The van der Waals surface area contributed by atoms with E-state index in [-0.39, 0.29) is 24.2 Å². The van der Waals surface area contributed by atoms with Crippen LogP contribution in [0.4, 0.5) is 11.4 Å². The second-order valence-electron chi connectivity index (χ2n) is 5.99. The van der Waals surface area contributed by atoms with Crippen LogP contribution in [0.25, 0.3) is 0 Å². The van der Waals surface area contributed by atoms with E-state index >= 15 is 0 Å². The molecule has 0 saturated carbocycles. The first kappa shape index (κ1) is 14.4. The highest BCUT2D eigenvalue weighted by Gasteiger charge is 2.33. The maximum Gasteiger partial charge on any atom is 0.224 e. The highest BCUT2D eigenvalue weighted by molar-refractivity contribution is 5.93. The van der Waals surface area contributed by atoms with Gasteiger partial charge in [-0.3, -0.25) is 9.59 Å². The molecule has 1 heterocycles. The summed E-state index contributed by atoms with van der Waals surface area (Å²) < 4.78 is 0. The number of likely N-dealkylation sites (N-methyl/N-ethyl adjacent to an activating group) is 1. The minimum atomic E-state index is -0.461. The molecule has 0 bridgehead atoms. The Kier molecular flexibility index (Phi) is 3.70. The summed E-state index contributed by atoms with van der Waals surface area (Å²) in [6, 6.07) is 5.92. The number of amides is 2. The summed E-state index contributed by atoms with van der Waals surface area (Å²) in [7, 11) is 2.07. The molecule has 0 spiro atoms. The Morgan fingerprint density at radius 1 is 1.35 bits per heavy atom. The molecule has 1 aromatic rings. The van der Waals surface area contributed by atoms with E-state index in [0.29, 0.717) is 0 Å². The van der Waals surface area contributed by atoms with Crippen LogP contribution in [0.2, 0.25) is 0 Å². The Bertz CT molecular complexity index is 552. The molecule has 3 N–H and O–H groups in total. The van der Waals surface area contributed by atoms with Crippen molar-refractivity contribution in [3.63, 3.8) is 0 Å². The Labute approximate surface area is 119 Å². The maximum atomic E-state index is 11.7. The zero-order valence-corrected chi connectivity index (χ0v) is 12.2. The fraction of sp³-hybridized carbons (Fsp3) is 0.467. The monoisotopic (exact) mass is 275 g/mol. The van der Waals surface area contributed by atoms with E-state index in [1.165, 1.54) is 11.3 Å². The number of hydrogen-bond acceptors (Lipinski definition) is 3. The van der Waals surface area contributed by atoms with E-state index in [1.54, 1.807) is 0 Å². The van der Waals surface area contributed by atoms with Gasteiger partial charge in [0.25, 0.3) is 0 Å². The fourth-order valence-corrected chi connectivity index (χ4v) is 2.71. The standard InChI is InChI=1S/C15H21N3O2/c1-15(2)9-18(3)12-5-4-10(8-11(12)15)17-14(20)7-6-13(16)19/h4-5,8H,6-7,9H2,1-3H3,(H2,16,19)(H,17,20). The SMILES string of the molecule is CN1CC(C)(C)c2cc(NC(=O)CCC(N)=O)ccc21. The zero-order chi connectivity index (χ0) is 14.9. The molecule has 0 atom stereocenters. The van der Waals surface area contributed by atoms with E-state index in [4.69, 9.17) is 5.73 Å². The van der Waals surface area contributed by atoms with Crippen molar-refractivity contribution in [1.82, 2.24) is 0 Å². The molecule has 2 amide bonds. The second-order valence-corrected chi connectivity index (χ2v) is 5.99. The Hall–Kier alpha value is -2.04. The number of nitrogens with one attached hydrogen (secondary N) is 1. The molecule has 20 heavy (non-hydrogen) atoms. The van der Waals surface area contributed by atoms with Gasteiger partial charge < -0.3 is 16.0 Å². The molecule has 0 radical (unpaired) electrons. The van der Waals surface area contributed by atoms with E-state index in [2.05, 4.69) is 31.1 Å². The number of nitrogens with zero attached hydrogens (tertiary/aromatic N) is 1. The number of hydrogen-bond donors (Lipinski definition) is 2. The minimum absolute atomic E-state index is 0.0675. The minimum Gasteiger partial charge on any atom is -0.373 e. The maximum absolute atomic E-state index is 11.7. The van der Waals surface area contributed by atoms with E-state index < -0.39 is 5.91 Å². The Morgan fingerprint density at radius 2 is 2.05 bits per heavy atom. The fourth-order valence-electron chi connectivity index (χ4n) is 2.71. The van der Waals surface area contributed by atoms with Gasteiger partial charge in [0.05, 0.1) is 0 Å². The number of rotatable bonds is 4. The molecule has 5 nitrogen and oxygen atoms in total. The van der Waals surface area contributed by atoms with Gasteiger partial charge >= 0.3 is 0 Å². The lowest BCUT2D eigenvalue weighted by Crippen LogP contribution is -2.25. The van der Waals surface area contributed by atoms with Gasteiger partial charge in [0.1, 0.15) is 0 Å². The molecule has 0 saturated heterocycles. The quantitative estimate of drug-likeness (QED) is 0.876. The Balaban J connectivity index is 2.12. The van der Waals surface area contributed by atoms with Gasteiger partial charge in [-0.2, -0.15) is 0 Å². The molecule has 0 aliphatic carbocycles. The summed E-state index contributed by atoms with van der Waals surface area (Å²) in [5.74, 6) is -0.648. The number of benzene rings is 1. The number of carbonyl (C=O) groups excluding carboxylic acids is 2. The van der Waals surface area contributed by atoms with Crippen LogP contribution in [0.5, 0.6) is 0 Å². The molecule has 1 aliphatic heterocycles. The number of fused-ring (bicyclic) bond motifs is 1. The van der Waals surface area contributed by atoms with Gasteiger partial charge in [-0.05, 0) is 23.8 Å². The van der Waals surface area contributed by atoms with Crippen LogP contribution in [-0.4, -0.2) is 25.4 Å².